The molecule has 116 valence electrons. The average molecular weight is 302 g/mol. The number of carbonyl (C=O) groups is 1. The van der Waals surface area contributed by atoms with Crippen molar-refractivity contribution in [1.29, 1.82) is 0 Å². The molecule has 0 aliphatic carbocycles. The second-order valence-electron chi connectivity index (χ2n) is 4.35. The van der Waals surface area contributed by atoms with Gasteiger partial charge in [0.15, 0.2) is 0 Å². The van der Waals surface area contributed by atoms with Crippen LogP contribution in [-0.4, -0.2) is 43.3 Å². The van der Waals surface area contributed by atoms with E-state index in [2.05, 4.69) is 20.6 Å². The van der Waals surface area contributed by atoms with E-state index in [0.717, 1.165) is 0 Å². The van der Waals surface area contributed by atoms with Crippen LogP contribution in [0, 0.1) is 0 Å². The largest absolute Gasteiger partial charge is 0.465 e. The standard InChI is InChI=1S/C15H18N4O3/c1-21-10-9-17-15-16-8-7-13(19-15)18-12-6-4-3-5-11(12)14(20)22-2/h3-8H,9-10H2,1-2H3,(H2,16,17,18,19). The number of nitrogens with one attached hydrogen (secondary N) is 2. The van der Waals surface area contributed by atoms with E-state index in [4.69, 9.17) is 9.47 Å². The molecule has 0 saturated heterocycles. The van der Waals surface area contributed by atoms with Crippen LogP contribution in [0.1, 0.15) is 10.4 Å². The Morgan fingerprint density at radius 1 is 1.23 bits per heavy atom. The number of rotatable bonds is 7. The van der Waals surface area contributed by atoms with Gasteiger partial charge in [0.2, 0.25) is 5.95 Å². The maximum atomic E-state index is 11.7. The molecule has 0 spiro atoms. The topological polar surface area (TPSA) is 85.4 Å². The number of nitrogens with zero attached hydrogens (tertiary/aromatic N) is 2. The van der Waals surface area contributed by atoms with E-state index in [0.29, 0.717) is 36.2 Å². The minimum Gasteiger partial charge on any atom is -0.465 e. The molecular formula is C15H18N4O3. The number of ether oxygens (including phenoxy) is 2. The predicted octanol–water partition coefficient (Wildman–Crippen LogP) is 2.07. The summed E-state index contributed by atoms with van der Waals surface area (Å²) in [6.45, 7) is 1.17. The van der Waals surface area contributed by atoms with Crippen LogP contribution in [0.2, 0.25) is 0 Å². The molecule has 0 bridgehead atoms. The zero-order chi connectivity index (χ0) is 15.8. The summed E-state index contributed by atoms with van der Waals surface area (Å²) in [5.41, 5.74) is 1.06. The minimum atomic E-state index is -0.407. The van der Waals surface area contributed by atoms with Gasteiger partial charge in [0.1, 0.15) is 5.82 Å². The van der Waals surface area contributed by atoms with Crippen molar-refractivity contribution in [2.75, 3.05) is 38.0 Å². The molecule has 0 unspecified atom stereocenters. The number of esters is 1. The summed E-state index contributed by atoms with van der Waals surface area (Å²) in [6.07, 6.45) is 1.63. The molecule has 0 aliphatic heterocycles. The average Bonchev–Trinajstić information content (AvgIpc) is 2.55. The second-order valence-corrected chi connectivity index (χ2v) is 4.35. The highest BCUT2D eigenvalue weighted by Crippen LogP contribution is 2.20. The van der Waals surface area contributed by atoms with Gasteiger partial charge in [-0.15, -0.1) is 0 Å². The maximum absolute atomic E-state index is 11.7. The molecular weight excluding hydrogens is 284 g/mol. The molecule has 2 rings (SSSR count). The number of hydrogen-bond donors (Lipinski definition) is 2. The van der Waals surface area contributed by atoms with Gasteiger partial charge in [-0.25, -0.2) is 9.78 Å². The van der Waals surface area contributed by atoms with Gasteiger partial charge in [0.25, 0.3) is 0 Å². The molecule has 7 nitrogen and oxygen atoms in total. The highest BCUT2D eigenvalue weighted by atomic mass is 16.5. The van der Waals surface area contributed by atoms with Gasteiger partial charge < -0.3 is 20.1 Å². The van der Waals surface area contributed by atoms with Gasteiger partial charge >= 0.3 is 5.97 Å². The summed E-state index contributed by atoms with van der Waals surface area (Å²) >= 11 is 0. The van der Waals surface area contributed by atoms with E-state index in [1.807, 2.05) is 6.07 Å². The summed E-state index contributed by atoms with van der Waals surface area (Å²) in [6, 6.07) is 8.79. The van der Waals surface area contributed by atoms with Crippen LogP contribution in [0.3, 0.4) is 0 Å². The van der Waals surface area contributed by atoms with Crippen molar-refractivity contribution < 1.29 is 14.3 Å². The van der Waals surface area contributed by atoms with Crippen LogP contribution in [0.4, 0.5) is 17.5 Å². The molecule has 7 heteroatoms. The first kappa shape index (κ1) is 15.7. The van der Waals surface area contributed by atoms with Crippen molar-refractivity contribution in [1.82, 2.24) is 9.97 Å². The van der Waals surface area contributed by atoms with Gasteiger partial charge in [-0.05, 0) is 18.2 Å². The van der Waals surface area contributed by atoms with Crippen LogP contribution < -0.4 is 10.6 Å². The zero-order valence-electron chi connectivity index (χ0n) is 12.5. The third-order valence-electron chi connectivity index (χ3n) is 2.84. The van der Waals surface area contributed by atoms with Crippen molar-refractivity contribution in [3.05, 3.63) is 42.1 Å². The third kappa shape index (κ3) is 4.16. The Morgan fingerprint density at radius 3 is 2.82 bits per heavy atom. The molecule has 0 saturated carbocycles. The van der Waals surface area contributed by atoms with Crippen LogP contribution in [-0.2, 0) is 9.47 Å². The number of anilines is 3. The van der Waals surface area contributed by atoms with E-state index in [9.17, 15) is 4.79 Å². The van der Waals surface area contributed by atoms with Crippen molar-refractivity contribution in [3.8, 4) is 0 Å². The third-order valence-corrected chi connectivity index (χ3v) is 2.84. The van der Waals surface area contributed by atoms with Gasteiger partial charge in [0.05, 0.1) is 25.0 Å². The SMILES string of the molecule is COCCNc1nccc(Nc2ccccc2C(=O)OC)n1. The van der Waals surface area contributed by atoms with Crippen molar-refractivity contribution in [2.45, 2.75) is 0 Å². The zero-order valence-corrected chi connectivity index (χ0v) is 12.5. The lowest BCUT2D eigenvalue weighted by Crippen LogP contribution is -2.11. The molecule has 0 aliphatic rings. The monoisotopic (exact) mass is 302 g/mol. The molecule has 0 radical (unpaired) electrons. The van der Waals surface area contributed by atoms with E-state index < -0.39 is 5.97 Å². The fourth-order valence-corrected chi connectivity index (χ4v) is 1.80. The Labute approximate surface area is 128 Å². The molecule has 22 heavy (non-hydrogen) atoms. The Balaban J connectivity index is 2.14. The van der Waals surface area contributed by atoms with Crippen molar-refractivity contribution >= 4 is 23.4 Å². The molecule has 1 aromatic carbocycles. The lowest BCUT2D eigenvalue weighted by atomic mass is 10.2. The van der Waals surface area contributed by atoms with Gasteiger partial charge in [0, 0.05) is 19.9 Å². The Hall–Kier alpha value is -2.67. The summed E-state index contributed by atoms with van der Waals surface area (Å²) in [5, 5.41) is 6.14. The fourth-order valence-electron chi connectivity index (χ4n) is 1.80. The van der Waals surface area contributed by atoms with Crippen LogP contribution >= 0.6 is 0 Å². The highest BCUT2D eigenvalue weighted by molar-refractivity contribution is 5.96. The summed E-state index contributed by atoms with van der Waals surface area (Å²) < 4.78 is 9.72. The summed E-state index contributed by atoms with van der Waals surface area (Å²) in [5.74, 6) is 0.652. The van der Waals surface area contributed by atoms with Crippen LogP contribution in [0.25, 0.3) is 0 Å². The van der Waals surface area contributed by atoms with E-state index in [1.165, 1.54) is 7.11 Å². The molecule has 2 N–H and O–H groups in total. The van der Waals surface area contributed by atoms with Crippen LogP contribution in [0.15, 0.2) is 36.5 Å². The predicted molar refractivity (Wildman–Crippen MR) is 83.5 cm³/mol. The van der Waals surface area contributed by atoms with Crippen molar-refractivity contribution in [2.24, 2.45) is 0 Å². The number of methoxy groups -OCH3 is 2. The molecule has 0 amide bonds. The number of aromatic nitrogens is 2. The number of hydrogen-bond acceptors (Lipinski definition) is 7. The van der Waals surface area contributed by atoms with Gasteiger partial charge in [-0.1, -0.05) is 12.1 Å². The quantitative estimate of drug-likeness (QED) is 0.598. The molecule has 2 aromatic rings. The van der Waals surface area contributed by atoms with Crippen LogP contribution in [0.5, 0.6) is 0 Å². The molecule has 1 aromatic heterocycles. The first-order valence-electron chi connectivity index (χ1n) is 6.75. The van der Waals surface area contributed by atoms with E-state index in [-0.39, 0.29) is 0 Å². The van der Waals surface area contributed by atoms with E-state index in [1.54, 1.807) is 37.6 Å². The second kappa shape index (κ2) is 7.94. The molecule has 0 fully saturated rings. The minimum absolute atomic E-state index is 0.407. The fraction of sp³-hybridized carbons (Fsp3) is 0.267. The normalized spacial score (nSPS) is 10.1. The van der Waals surface area contributed by atoms with Gasteiger partial charge in [-0.3, -0.25) is 0 Å². The number of carbonyl (C=O) groups excluding carboxylic acids is 1. The first-order valence-corrected chi connectivity index (χ1v) is 6.75. The lowest BCUT2D eigenvalue weighted by Gasteiger charge is -2.11. The van der Waals surface area contributed by atoms with Gasteiger partial charge in [-0.2, -0.15) is 4.98 Å². The Kier molecular flexibility index (Phi) is 5.67. The Morgan fingerprint density at radius 2 is 2.05 bits per heavy atom. The highest BCUT2D eigenvalue weighted by Gasteiger charge is 2.11. The summed E-state index contributed by atoms with van der Waals surface area (Å²) in [4.78, 5) is 20.2. The molecule has 1 heterocycles. The lowest BCUT2D eigenvalue weighted by molar-refractivity contribution is 0.0602. The van der Waals surface area contributed by atoms with Crippen molar-refractivity contribution in [3.63, 3.8) is 0 Å². The Bertz CT molecular complexity index is 634. The number of benzene rings is 1. The molecule has 0 atom stereocenters. The first-order chi connectivity index (χ1) is 10.7. The number of para-hydroxylation sites is 1. The smallest absolute Gasteiger partial charge is 0.339 e. The maximum Gasteiger partial charge on any atom is 0.339 e. The van der Waals surface area contributed by atoms with E-state index >= 15 is 0 Å². The summed E-state index contributed by atoms with van der Waals surface area (Å²) in [7, 11) is 2.98.